The number of carboxylic acids is 2. The number of amides is 17. The van der Waals surface area contributed by atoms with Crippen LogP contribution >= 0.6 is 0 Å². The van der Waals surface area contributed by atoms with E-state index >= 15 is 0 Å². The number of Topliss-reactive ketones (excluding diaryl/α,β-unsaturated/α-hetero) is 4. The molecule has 17 amide bonds. The lowest BCUT2D eigenvalue weighted by molar-refractivity contribution is -0.142. The molecule has 810 valence electrons. The zero-order valence-electron chi connectivity index (χ0n) is 80.4. The van der Waals surface area contributed by atoms with Crippen molar-refractivity contribution in [1.82, 2.24) is 95.6 Å². The number of nitrogens with one attached hydrogen (secondary N) is 17. The molecule has 2 aromatic carbocycles. The fraction of sp³-hybridized carbons (Fsp3) is 0.573. The van der Waals surface area contributed by atoms with Crippen LogP contribution < -0.4 is 108 Å². The van der Waals surface area contributed by atoms with Gasteiger partial charge in [-0.1, -0.05) is 73.5 Å². The summed E-state index contributed by atoms with van der Waals surface area (Å²) in [5, 5.41) is 133. The van der Waals surface area contributed by atoms with Crippen LogP contribution in [-0.2, 0) is 137 Å². The number of nitrogens with two attached hydrogens (primary N) is 3. The summed E-state index contributed by atoms with van der Waals surface area (Å²) in [6.07, 6.45) is -7.62. The topological polar surface area (TPSA) is 916 Å². The quantitative estimate of drug-likeness (QED) is 0.00730. The summed E-state index contributed by atoms with van der Waals surface area (Å²) in [6.45, 7) is -4.53. The Hall–Kier alpha value is -13.9. The third kappa shape index (κ3) is 47.3. The van der Waals surface area contributed by atoms with Gasteiger partial charge in [0.05, 0.1) is 96.6 Å². The Labute approximate surface area is 835 Å². The van der Waals surface area contributed by atoms with Crippen LogP contribution in [0.25, 0.3) is 0 Å². The summed E-state index contributed by atoms with van der Waals surface area (Å²) in [4.78, 5) is 316. The van der Waals surface area contributed by atoms with Crippen molar-refractivity contribution in [3.8, 4) is 0 Å². The van der Waals surface area contributed by atoms with Crippen LogP contribution in [0.15, 0.2) is 72.8 Å². The average molecular weight is 2070 g/mol. The smallest absolute Gasteiger partial charge is 0.303 e. The number of nitrogens with zero attached hydrogens (tertiary/aromatic N) is 1. The van der Waals surface area contributed by atoms with Gasteiger partial charge in [-0.15, -0.1) is 0 Å². The van der Waals surface area contributed by atoms with Crippen LogP contribution in [0.5, 0.6) is 0 Å². The van der Waals surface area contributed by atoms with Gasteiger partial charge >= 0.3 is 11.9 Å². The highest BCUT2D eigenvalue weighted by atomic mass is 16.5. The highest BCUT2D eigenvalue weighted by molar-refractivity contribution is 6.41. The van der Waals surface area contributed by atoms with Crippen molar-refractivity contribution in [3.05, 3.63) is 83.9 Å². The predicted molar refractivity (Wildman–Crippen MR) is 501 cm³/mol. The monoisotopic (exact) mass is 2070 g/mol. The minimum Gasteiger partial charge on any atom is -0.481 e. The summed E-state index contributed by atoms with van der Waals surface area (Å²) in [6, 6.07) is -11.7. The molecule has 1 aliphatic heterocycles. The highest BCUT2D eigenvalue weighted by Crippen LogP contribution is 2.20. The number of aliphatic carboxylic acids is 2. The fourth-order valence-electron chi connectivity index (χ4n) is 13.8. The van der Waals surface area contributed by atoms with E-state index in [1.807, 2.05) is 31.9 Å². The number of primary amides is 2. The number of benzene rings is 2. The molecule has 1 heterocycles. The predicted octanol–water partition coefficient (Wildman–Crippen LogP) is -15.0. The Balaban J connectivity index is 1.90. The summed E-state index contributed by atoms with van der Waals surface area (Å²) in [5.41, 5.74) is 19.7. The largest absolute Gasteiger partial charge is 0.481 e. The van der Waals surface area contributed by atoms with Gasteiger partial charge in [-0.3, -0.25) is 132 Å². The maximum atomic E-state index is 14.7. The molecule has 57 nitrogen and oxygen atoms in total. The first-order valence-corrected chi connectivity index (χ1v) is 46.2. The number of hydrogen-bond acceptors (Lipinski definition) is 39. The number of carboxylic acid groups (broad SMARTS) is 2. The number of ketones is 4. The van der Waals surface area contributed by atoms with Crippen LogP contribution in [0.4, 0.5) is 0 Å². The van der Waals surface area contributed by atoms with E-state index in [0.717, 1.165) is 30.9 Å². The number of aliphatic hydroxyl groups excluding tert-OH is 8. The second kappa shape index (κ2) is 68.4. The maximum absolute atomic E-state index is 14.7. The molecule has 0 spiro atoms. The standard InChI is InChI=1S/C89H133N21O36/c1-47(118)52(18-10-12-27-93-70(125)46-146-33-32-145-31-29-94-69(124)26-30-110-71(126)22-23-72(110)127)36-66(121)54(97-61(41-113)78(133)77(132)57(37-67(90)122)100-88(143)75(48(2)119)106-86(141)64(44-116)102-79(134)55(20-24-73(128)129)98-84(139)62(42-114)104-82(137)59(108-92)34-50-14-6-4-7-15-50)19-11-13-28-95-109-60(35-51-16-8-5-9-17-51)83(138)105-63(43-115)85(140)99-56(21-25-74(130)131)80(135)103-65(45-117)87(142)107-76(49(3)120)89(144)101-58(38-68(91)123)81(136)96-53(39-111)40-112/h4-9,14-17,22-23,39,48-49,52-65,75-76,95,97,108-109,112-117,119-120H,10-13,18-21,24-38,40-46,92H2,1-3H3,(H2,90,122)(H2,91,123)(H,93,125)(H,94,124)(H,96,136)(H,98,139)(H,99,140)(H,100,143)(H,101,144)(H,102,134)(H,103,135)(H,104,137)(H,105,138)(H,106,141)(H,107,142)(H,128,129)(H,130,131)/t48-,49-,52?,53?,54?,55?,56?,57+,58+,59?,60?,61+,62+,63+,64+,65+,75+,76+/m1/s1. The molecule has 0 fully saturated rings. The second-order valence-electron chi connectivity index (χ2n) is 33.5. The first-order valence-electron chi connectivity index (χ1n) is 46.2. The lowest BCUT2D eigenvalue weighted by Gasteiger charge is -2.28. The number of hydrazine groups is 2. The molecule has 146 heavy (non-hydrogen) atoms. The van der Waals surface area contributed by atoms with E-state index in [2.05, 4.69) is 58.8 Å². The van der Waals surface area contributed by atoms with Gasteiger partial charge in [0, 0.05) is 69.9 Å². The second-order valence-corrected chi connectivity index (χ2v) is 33.5. The Morgan fingerprint density at radius 1 is 0.404 bits per heavy atom. The minimum atomic E-state index is -2.32. The van der Waals surface area contributed by atoms with Gasteiger partial charge in [-0.2, -0.15) is 0 Å². The fourth-order valence-corrected chi connectivity index (χ4v) is 13.8. The van der Waals surface area contributed by atoms with Crippen LogP contribution in [0.1, 0.15) is 122 Å². The van der Waals surface area contributed by atoms with Crippen molar-refractivity contribution in [2.75, 3.05) is 92.2 Å². The first kappa shape index (κ1) is 126. The third-order valence-corrected chi connectivity index (χ3v) is 21.9. The van der Waals surface area contributed by atoms with Crippen molar-refractivity contribution in [1.29, 1.82) is 0 Å². The van der Waals surface area contributed by atoms with E-state index in [-0.39, 0.29) is 110 Å². The van der Waals surface area contributed by atoms with Gasteiger partial charge in [0.2, 0.25) is 100 Å². The third-order valence-electron chi connectivity index (χ3n) is 21.9. The zero-order chi connectivity index (χ0) is 109. The van der Waals surface area contributed by atoms with Crippen molar-refractivity contribution in [2.45, 2.75) is 226 Å². The number of rotatable bonds is 78. The lowest BCUT2D eigenvalue weighted by Crippen LogP contribution is -2.62. The number of hydrogen-bond donors (Lipinski definition) is 30. The Morgan fingerprint density at radius 2 is 0.801 bits per heavy atom. The van der Waals surface area contributed by atoms with E-state index in [4.69, 9.17) is 26.8 Å². The molecule has 1 aliphatic rings. The van der Waals surface area contributed by atoms with E-state index in [1.165, 1.54) is 6.92 Å². The number of ether oxygens (including phenoxy) is 2. The maximum Gasteiger partial charge on any atom is 0.303 e. The Bertz CT molecular complexity index is 4750. The van der Waals surface area contributed by atoms with E-state index in [0.29, 0.717) is 11.1 Å². The molecule has 33 N–H and O–H groups in total. The number of aliphatic hydroxyl groups is 8. The molecule has 2 aromatic rings. The summed E-state index contributed by atoms with van der Waals surface area (Å²) >= 11 is 0. The molecule has 7 unspecified atom stereocenters. The lowest BCUT2D eigenvalue weighted by atomic mass is 9.89. The average Bonchev–Trinajstić information content (AvgIpc) is 1.02. The van der Waals surface area contributed by atoms with Gasteiger partial charge in [0.15, 0.2) is 0 Å². The minimum absolute atomic E-state index is 0.00847. The zero-order valence-corrected chi connectivity index (χ0v) is 80.4. The molecule has 0 bridgehead atoms. The van der Waals surface area contributed by atoms with Crippen LogP contribution in [-0.4, -0.2) is 393 Å². The van der Waals surface area contributed by atoms with E-state index in [1.54, 1.807) is 60.7 Å². The molecule has 57 heteroatoms. The number of unbranched alkanes of at least 4 members (excludes halogenated alkanes) is 2. The molecular weight excluding hydrogens is 1940 g/mol. The van der Waals surface area contributed by atoms with Crippen molar-refractivity contribution >= 4 is 142 Å². The number of aldehydes is 1. The van der Waals surface area contributed by atoms with Gasteiger partial charge < -0.3 is 146 Å². The number of carbonyl (C=O) groups excluding carboxylic acids is 22. The van der Waals surface area contributed by atoms with Gasteiger partial charge in [-0.05, 0) is 83.3 Å². The molecule has 0 aromatic heterocycles. The normalized spacial score (nSPS) is 15.4. The summed E-state index contributed by atoms with van der Waals surface area (Å²) < 4.78 is 10.8. The Morgan fingerprint density at radius 3 is 1.25 bits per heavy atom. The SMILES string of the molecule is CC(=O)C(CCCCNC(=O)COCCOCCNC(=O)CCN1C(=O)C=CC1=O)CC(=O)C(CCCCNNC(Cc1ccccc1)C(=O)N[C@@H](CO)C(=O)NC(CCC(=O)O)C(=O)N[C@@H](CO)C(=O)N[C@H](C(=O)N[C@@H](CC(N)=O)C(=O)NC(C=O)CO)[C@@H](C)O)N[C@@H](CO)C(=O)C(=O)[C@H](CC(N)=O)NC(=O)[C@@H](NC(=O)[C@H](CO)NC(=O)C(CCC(=O)O)NC(=O)[C@H](CO)NC(=O)C(Cc1ccccc1)NN)[C@@H](C)O. The van der Waals surface area contributed by atoms with Crippen LogP contribution in [0.3, 0.4) is 0 Å². The molecule has 0 aliphatic carbocycles. The van der Waals surface area contributed by atoms with E-state index in [9.17, 15) is 166 Å². The van der Waals surface area contributed by atoms with Gasteiger partial charge in [0.25, 0.3) is 11.8 Å². The summed E-state index contributed by atoms with van der Waals surface area (Å²) in [7, 11) is 0. The molecule has 0 saturated carbocycles. The van der Waals surface area contributed by atoms with Crippen molar-refractivity contribution in [3.63, 3.8) is 0 Å². The number of imide groups is 1. The van der Waals surface area contributed by atoms with Gasteiger partial charge in [0.1, 0.15) is 103 Å². The van der Waals surface area contributed by atoms with Crippen LogP contribution in [0, 0.1) is 5.92 Å². The van der Waals surface area contributed by atoms with Gasteiger partial charge in [-0.25, -0.2) is 10.9 Å². The molecule has 3 rings (SSSR count). The van der Waals surface area contributed by atoms with Crippen molar-refractivity contribution in [2.24, 2.45) is 23.2 Å². The molecule has 18 atom stereocenters. The number of carbonyl (C=O) groups is 24. The highest BCUT2D eigenvalue weighted by Gasteiger charge is 2.42. The molecule has 0 saturated heterocycles. The Kier molecular flexibility index (Phi) is 59.1. The molecular formula is C89H133N21O36. The first-order chi connectivity index (χ1) is 69.3. The van der Waals surface area contributed by atoms with E-state index < -0.39 is 335 Å². The van der Waals surface area contributed by atoms with Crippen LogP contribution in [0.2, 0.25) is 0 Å². The summed E-state index contributed by atoms with van der Waals surface area (Å²) in [5.74, 6) is -22.0. The van der Waals surface area contributed by atoms with Crippen molar-refractivity contribution < 1.29 is 176 Å². The molecule has 0 radical (unpaired) electrons.